The molecule has 5 heteroatoms. The molecule has 0 saturated carbocycles. The molecule has 0 radical (unpaired) electrons. The van der Waals surface area contributed by atoms with Crippen LogP contribution in [0.15, 0.2) is 84.9 Å². The normalized spacial score (nSPS) is 11.6. The number of carbonyl (C=O) groups is 1. The highest BCUT2D eigenvalue weighted by molar-refractivity contribution is 6.12. The second-order valence-corrected chi connectivity index (χ2v) is 6.93. The second kappa shape index (κ2) is 8.46. The van der Waals surface area contributed by atoms with E-state index in [0.717, 1.165) is 11.1 Å². The number of nitrogens with zero attached hydrogens (tertiary/aromatic N) is 2. The van der Waals surface area contributed by atoms with E-state index in [9.17, 15) is 10.1 Å². The average Bonchev–Trinajstić information content (AvgIpc) is 2.79. The number of nitrogens with one attached hydrogen (secondary N) is 1. The monoisotopic (exact) mass is 392 g/mol. The van der Waals surface area contributed by atoms with Gasteiger partial charge in [0.15, 0.2) is 0 Å². The van der Waals surface area contributed by atoms with Gasteiger partial charge in [0, 0.05) is 10.9 Å². The van der Waals surface area contributed by atoms with E-state index in [1.54, 1.807) is 0 Å². The van der Waals surface area contributed by atoms with Crippen molar-refractivity contribution in [2.24, 2.45) is 0 Å². The van der Waals surface area contributed by atoms with Gasteiger partial charge >= 0.3 is 0 Å². The Morgan fingerprint density at radius 3 is 2.30 bits per heavy atom. The minimum absolute atomic E-state index is 0.157. The lowest BCUT2D eigenvalue weighted by atomic mass is 9.99. The number of aromatic nitrogens is 1. The number of nitrogens with two attached hydrogens (primary N) is 1. The van der Waals surface area contributed by atoms with Crippen LogP contribution in [0.25, 0.3) is 22.2 Å². The smallest absolute Gasteiger partial charge is 0.254 e. The van der Waals surface area contributed by atoms with Crippen LogP contribution < -0.4 is 11.1 Å². The van der Waals surface area contributed by atoms with Crippen LogP contribution in [-0.2, 0) is 0 Å². The number of anilines is 1. The molecule has 1 unspecified atom stereocenters. The summed E-state index contributed by atoms with van der Waals surface area (Å²) in [6.45, 7) is 0. The fourth-order valence-electron chi connectivity index (χ4n) is 3.55. The maximum Gasteiger partial charge on any atom is 0.254 e. The van der Waals surface area contributed by atoms with E-state index >= 15 is 0 Å². The molecule has 0 saturated heterocycles. The Hall–Kier alpha value is -4.17. The Balaban J connectivity index is 1.82. The first-order valence-electron chi connectivity index (χ1n) is 9.65. The molecule has 0 spiro atoms. The summed E-state index contributed by atoms with van der Waals surface area (Å²) >= 11 is 0. The number of nitriles is 1. The number of benzene rings is 3. The second-order valence-electron chi connectivity index (χ2n) is 6.93. The maximum atomic E-state index is 13.4. The first kappa shape index (κ1) is 19.2. The summed E-state index contributed by atoms with van der Waals surface area (Å²) in [5.74, 6) is -0.326. The van der Waals surface area contributed by atoms with E-state index in [4.69, 9.17) is 10.7 Å². The third kappa shape index (κ3) is 3.71. The largest absolute Gasteiger partial charge is 0.396 e. The van der Waals surface area contributed by atoms with E-state index in [1.165, 1.54) is 0 Å². The highest BCUT2D eigenvalue weighted by Crippen LogP contribution is 2.32. The third-order valence-electron chi connectivity index (χ3n) is 5.01. The predicted molar refractivity (Wildman–Crippen MR) is 118 cm³/mol. The van der Waals surface area contributed by atoms with Gasteiger partial charge in [-0.1, -0.05) is 78.9 Å². The number of fused-ring (bicyclic) bond motifs is 1. The predicted octanol–water partition coefficient (Wildman–Crippen LogP) is 4.87. The summed E-state index contributed by atoms with van der Waals surface area (Å²) in [4.78, 5) is 18.1. The minimum atomic E-state index is -0.435. The number of para-hydroxylation sites is 1. The van der Waals surface area contributed by atoms with Crippen molar-refractivity contribution in [2.75, 3.05) is 5.73 Å². The molecule has 0 bridgehead atoms. The van der Waals surface area contributed by atoms with E-state index in [-0.39, 0.29) is 12.3 Å². The van der Waals surface area contributed by atoms with Crippen molar-refractivity contribution in [1.29, 1.82) is 5.26 Å². The average molecular weight is 392 g/mol. The van der Waals surface area contributed by atoms with Crippen molar-refractivity contribution in [3.05, 3.63) is 96.1 Å². The minimum Gasteiger partial charge on any atom is -0.396 e. The van der Waals surface area contributed by atoms with Crippen molar-refractivity contribution in [3.63, 3.8) is 0 Å². The Kier molecular flexibility index (Phi) is 5.40. The van der Waals surface area contributed by atoms with Gasteiger partial charge < -0.3 is 11.1 Å². The van der Waals surface area contributed by atoms with E-state index in [2.05, 4.69) is 11.4 Å². The molecule has 4 aromatic rings. The summed E-state index contributed by atoms with van der Waals surface area (Å²) in [6, 6.07) is 28.2. The molecular formula is C25H20N4O. The Bertz CT molecular complexity index is 1230. The first-order chi connectivity index (χ1) is 14.7. The highest BCUT2D eigenvalue weighted by Gasteiger charge is 2.22. The summed E-state index contributed by atoms with van der Waals surface area (Å²) < 4.78 is 0. The highest BCUT2D eigenvalue weighted by atomic mass is 16.1. The molecule has 1 aromatic heterocycles. The zero-order chi connectivity index (χ0) is 20.9. The topological polar surface area (TPSA) is 91.8 Å². The molecule has 3 N–H and O–H groups in total. The molecule has 4 rings (SSSR count). The first-order valence-corrected chi connectivity index (χ1v) is 9.65. The maximum absolute atomic E-state index is 13.4. The van der Waals surface area contributed by atoms with E-state index in [1.807, 2.05) is 84.9 Å². The van der Waals surface area contributed by atoms with Gasteiger partial charge in [-0.3, -0.25) is 4.79 Å². The molecule has 1 atom stereocenters. The van der Waals surface area contributed by atoms with Crippen LogP contribution >= 0.6 is 0 Å². The van der Waals surface area contributed by atoms with Crippen LogP contribution in [0, 0.1) is 11.3 Å². The number of amides is 1. The third-order valence-corrected chi connectivity index (χ3v) is 5.01. The van der Waals surface area contributed by atoms with Crippen molar-refractivity contribution < 1.29 is 4.79 Å². The van der Waals surface area contributed by atoms with E-state index < -0.39 is 6.04 Å². The van der Waals surface area contributed by atoms with E-state index in [0.29, 0.717) is 27.8 Å². The van der Waals surface area contributed by atoms with Gasteiger partial charge in [0.2, 0.25) is 0 Å². The lowest BCUT2D eigenvalue weighted by molar-refractivity contribution is 0.0940. The van der Waals surface area contributed by atoms with Crippen LogP contribution in [0.1, 0.15) is 28.4 Å². The molecule has 3 aromatic carbocycles. The number of hydrogen-bond acceptors (Lipinski definition) is 4. The van der Waals surface area contributed by atoms with Gasteiger partial charge in [-0.15, -0.1) is 0 Å². The Labute approximate surface area is 174 Å². The fourth-order valence-corrected chi connectivity index (χ4v) is 3.55. The van der Waals surface area contributed by atoms with Crippen molar-refractivity contribution in [2.45, 2.75) is 12.5 Å². The van der Waals surface area contributed by atoms with Crippen LogP contribution in [0.3, 0.4) is 0 Å². The van der Waals surface area contributed by atoms with Crippen molar-refractivity contribution >= 4 is 22.5 Å². The lowest BCUT2D eigenvalue weighted by Gasteiger charge is -2.19. The van der Waals surface area contributed by atoms with Crippen molar-refractivity contribution in [3.8, 4) is 17.3 Å². The van der Waals surface area contributed by atoms with Crippen LogP contribution in [0.4, 0.5) is 5.69 Å². The van der Waals surface area contributed by atoms with Gasteiger partial charge in [0.25, 0.3) is 5.91 Å². The summed E-state index contributed by atoms with van der Waals surface area (Å²) in [6.07, 6.45) is 0.157. The number of hydrogen-bond donors (Lipinski definition) is 2. The molecule has 0 aliphatic carbocycles. The quantitative estimate of drug-likeness (QED) is 0.507. The van der Waals surface area contributed by atoms with Gasteiger partial charge in [0.1, 0.15) is 0 Å². The molecule has 0 aliphatic rings. The lowest BCUT2D eigenvalue weighted by Crippen LogP contribution is -2.29. The molecule has 1 amide bonds. The molecule has 30 heavy (non-hydrogen) atoms. The fraction of sp³-hybridized carbons (Fsp3) is 0.0800. The zero-order valence-corrected chi connectivity index (χ0v) is 16.2. The molecule has 146 valence electrons. The van der Waals surface area contributed by atoms with Crippen LogP contribution in [0.5, 0.6) is 0 Å². The summed E-state index contributed by atoms with van der Waals surface area (Å²) in [7, 11) is 0. The molecule has 0 aliphatic heterocycles. The number of pyridine rings is 1. The number of rotatable bonds is 5. The SMILES string of the molecule is N#CCC(NC(=O)c1c(N)c(-c2ccccc2)nc2ccccc12)c1ccccc1. The van der Waals surface area contributed by atoms with Gasteiger partial charge in [-0.2, -0.15) is 5.26 Å². The van der Waals surface area contributed by atoms with Crippen LogP contribution in [0.2, 0.25) is 0 Å². The Morgan fingerprint density at radius 1 is 0.967 bits per heavy atom. The van der Waals surface area contributed by atoms with Crippen LogP contribution in [-0.4, -0.2) is 10.9 Å². The standard InChI is InChI=1S/C25H20N4O/c26-16-15-20(17-9-3-1-4-10-17)29-25(30)22-19-13-7-8-14-21(19)28-24(23(22)27)18-11-5-2-6-12-18/h1-14,20H,15,27H2,(H,29,30). The number of carbonyl (C=O) groups excluding carboxylic acids is 1. The van der Waals surface area contributed by atoms with Gasteiger partial charge in [-0.05, 0) is 11.6 Å². The molecule has 5 nitrogen and oxygen atoms in total. The Morgan fingerprint density at radius 2 is 1.60 bits per heavy atom. The summed E-state index contributed by atoms with van der Waals surface area (Å²) in [5, 5.41) is 12.9. The van der Waals surface area contributed by atoms with Gasteiger partial charge in [-0.25, -0.2) is 4.98 Å². The molecular weight excluding hydrogens is 372 g/mol. The molecule has 0 fully saturated rings. The van der Waals surface area contributed by atoms with Gasteiger partial charge in [0.05, 0.1) is 41.0 Å². The molecule has 1 heterocycles. The van der Waals surface area contributed by atoms with Crippen molar-refractivity contribution in [1.82, 2.24) is 10.3 Å². The number of nitrogen functional groups attached to an aromatic ring is 1. The zero-order valence-electron chi connectivity index (χ0n) is 16.2. The summed E-state index contributed by atoms with van der Waals surface area (Å²) in [5.41, 5.74) is 10.1.